The molecule has 0 saturated heterocycles. The van der Waals surface area contributed by atoms with Crippen LogP contribution in [0.25, 0.3) is 10.4 Å². The molecule has 0 aromatic heterocycles. The van der Waals surface area contributed by atoms with Crippen LogP contribution in [-0.4, -0.2) is 0 Å². The maximum atomic E-state index is 8.03. The molecule has 56 valence electrons. The van der Waals surface area contributed by atoms with Gasteiger partial charge in [0.25, 0.3) is 0 Å². The van der Waals surface area contributed by atoms with E-state index < -0.39 is 0 Å². The Kier molecular flexibility index (Phi) is 3.16. The predicted octanol–water partition coefficient (Wildman–Crippen LogP) is 3.29. The fourth-order valence-corrected chi connectivity index (χ4v) is 1.31. The number of thiol groups is 1. The molecule has 0 unspecified atom stereocenters. The van der Waals surface area contributed by atoms with Crippen LogP contribution in [0, 0.1) is 0 Å². The van der Waals surface area contributed by atoms with Gasteiger partial charge in [-0.3, -0.25) is 0 Å². The van der Waals surface area contributed by atoms with E-state index in [1.165, 1.54) is 0 Å². The standard InChI is InChI=1S/C6H5N3S2/c7-8-9-11-6-4-2-1-3-5(6)10/h1-4,10H. The van der Waals surface area contributed by atoms with E-state index >= 15 is 0 Å². The molecule has 0 fully saturated rings. The molecule has 0 amide bonds. The van der Waals surface area contributed by atoms with Gasteiger partial charge >= 0.3 is 0 Å². The van der Waals surface area contributed by atoms with Crippen LogP contribution in [0.15, 0.2) is 38.6 Å². The van der Waals surface area contributed by atoms with Crippen LogP contribution in [0.1, 0.15) is 0 Å². The van der Waals surface area contributed by atoms with Crippen molar-refractivity contribution in [2.45, 2.75) is 9.79 Å². The van der Waals surface area contributed by atoms with Crippen molar-refractivity contribution in [1.82, 2.24) is 0 Å². The molecule has 1 aromatic rings. The van der Waals surface area contributed by atoms with Crippen LogP contribution >= 0.6 is 24.6 Å². The molecular formula is C6H5N3S2. The number of benzene rings is 1. The van der Waals surface area contributed by atoms with Gasteiger partial charge in [0, 0.05) is 14.7 Å². The third kappa shape index (κ3) is 2.38. The topological polar surface area (TPSA) is 48.8 Å². The Hall–Kier alpha value is -0.770. The molecule has 11 heavy (non-hydrogen) atoms. The molecule has 1 rings (SSSR count). The average molecular weight is 183 g/mol. The summed E-state index contributed by atoms with van der Waals surface area (Å²) in [5, 5.41) is 0. The Bertz CT molecular complexity index is 294. The highest BCUT2D eigenvalue weighted by Crippen LogP contribution is 2.25. The minimum absolute atomic E-state index is 0.824. The van der Waals surface area contributed by atoms with Gasteiger partial charge in [0.2, 0.25) is 0 Å². The summed E-state index contributed by atoms with van der Waals surface area (Å²) in [4.78, 5) is 4.32. The van der Waals surface area contributed by atoms with Gasteiger partial charge in [-0.15, -0.1) is 12.6 Å². The summed E-state index contributed by atoms with van der Waals surface area (Å²) in [7, 11) is 0. The largest absolute Gasteiger partial charge is 0.142 e. The average Bonchev–Trinajstić information content (AvgIpc) is 2.03. The second-order valence-electron chi connectivity index (χ2n) is 1.73. The molecule has 0 spiro atoms. The summed E-state index contributed by atoms with van der Waals surface area (Å²) >= 11 is 5.25. The minimum atomic E-state index is 0.824. The van der Waals surface area contributed by atoms with E-state index in [1.54, 1.807) is 0 Å². The van der Waals surface area contributed by atoms with Gasteiger partial charge in [-0.25, -0.2) is 0 Å². The van der Waals surface area contributed by atoms with E-state index in [0.717, 1.165) is 21.7 Å². The molecule has 0 N–H and O–H groups in total. The first-order chi connectivity index (χ1) is 5.34. The summed E-state index contributed by atoms with van der Waals surface area (Å²) in [5.74, 6) is 0. The van der Waals surface area contributed by atoms with Crippen LogP contribution < -0.4 is 0 Å². The fraction of sp³-hybridized carbons (Fsp3) is 0. The second kappa shape index (κ2) is 4.18. The highest BCUT2D eigenvalue weighted by molar-refractivity contribution is 7.98. The molecule has 0 aliphatic heterocycles. The number of hydrogen-bond donors (Lipinski definition) is 1. The van der Waals surface area contributed by atoms with Crippen LogP contribution in [0.3, 0.4) is 0 Å². The maximum absolute atomic E-state index is 8.03. The Morgan fingerprint density at radius 1 is 1.45 bits per heavy atom. The van der Waals surface area contributed by atoms with Crippen molar-refractivity contribution in [3.05, 3.63) is 34.7 Å². The summed E-state index contributed by atoms with van der Waals surface area (Å²) in [5.41, 5.74) is 8.03. The lowest BCUT2D eigenvalue weighted by Crippen LogP contribution is -1.69. The number of rotatable bonds is 2. The van der Waals surface area contributed by atoms with Crippen LogP contribution in [0.2, 0.25) is 0 Å². The molecule has 0 heterocycles. The number of nitrogens with zero attached hydrogens (tertiary/aromatic N) is 3. The van der Waals surface area contributed by atoms with E-state index in [2.05, 4.69) is 22.1 Å². The Labute approximate surface area is 74.0 Å². The Balaban J connectivity index is 2.85. The van der Waals surface area contributed by atoms with E-state index in [9.17, 15) is 0 Å². The minimum Gasteiger partial charge on any atom is -0.142 e. The normalized spacial score (nSPS) is 8.82. The van der Waals surface area contributed by atoms with Crippen molar-refractivity contribution >= 4 is 24.6 Å². The summed E-state index contributed by atoms with van der Waals surface area (Å²) in [6.45, 7) is 0. The molecule has 1 aromatic carbocycles. The molecule has 0 aliphatic carbocycles. The zero-order valence-corrected chi connectivity index (χ0v) is 7.22. The smallest absolute Gasteiger partial charge is 0.0279 e. The van der Waals surface area contributed by atoms with Crippen LogP contribution in [-0.2, 0) is 0 Å². The lowest BCUT2D eigenvalue weighted by Gasteiger charge is -1.96. The predicted molar refractivity (Wildman–Crippen MR) is 48.7 cm³/mol. The van der Waals surface area contributed by atoms with Gasteiger partial charge in [0.05, 0.1) is 0 Å². The molecule has 0 saturated carbocycles. The van der Waals surface area contributed by atoms with Gasteiger partial charge in [-0.05, 0) is 34.1 Å². The van der Waals surface area contributed by atoms with Crippen LogP contribution in [0.4, 0.5) is 0 Å². The third-order valence-corrected chi connectivity index (χ3v) is 2.29. The molecule has 0 atom stereocenters. The van der Waals surface area contributed by atoms with Gasteiger partial charge in [0.1, 0.15) is 0 Å². The van der Waals surface area contributed by atoms with E-state index in [-0.39, 0.29) is 0 Å². The SMILES string of the molecule is [N-]=[N+]=NSc1ccccc1S. The van der Waals surface area contributed by atoms with Gasteiger partial charge < -0.3 is 0 Å². The molecule has 0 radical (unpaired) electrons. The Morgan fingerprint density at radius 2 is 2.18 bits per heavy atom. The lowest BCUT2D eigenvalue weighted by atomic mass is 10.4. The van der Waals surface area contributed by atoms with Crippen molar-refractivity contribution in [3.63, 3.8) is 0 Å². The van der Waals surface area contributed by atoms with Crippen molar-refractivity contribution in [2.24, 2.45) is 4.52 Å². The van der Waals surface area contributed by atoms with Crippen LogP contribution in [0.5, 0.6) is 0 Å². The molecular weight excluding hydrogens is 178 g/mol. The fourth-order valence-electron chi connectivity index (χ4n) is 0.597. The van der Waals surface area contributed by atoms with Crippen molar-refractivity contribution in [2.75, 3.05) is 0 Å². The quantitative estimate of drug-likeness (QED) is 0.247. The monoisotopic (exact) mass is 183 g/mol. The summed E-state index contributed by atoms with van der Waals surface area (Å²) in [6.07, 6.45) is 0. The van der Waals surface area contributed by atoms with E-state index in [1.807, 2.05) is 24.3 Å². The first-order valence-electron chi connectivity index (χ1n) is 2.84. The lowest BCUT2D eigenvalue weighted by molar-refractivity contribution is 1.26. The van der Waals surface area contributed by atoms with E-state index in [0.29, 0.717) is 0 Å². The van der Waals surface area contributed by atoms with Gasteiger partial charge in [-0.2, -0.15) is 0 Å². The molecule has 0 aliphatic rings. The highest BCUT2D eigenvalue weighted by atomic mass is 32.2. The summed E-state index contributed by atoms with van der Waals surface area (Å²) in [6, 6.07) is 7.44. The molecule has 5 heteroatoms. The first-order valence-corrected chi connectivity index (χ1v) is 4.06. The molecule has 3 nitrogen and oxygen atoms in total. The zero-order valence-electron chi connectivity index (χ0n) is 5.51. The zero-order chi connectivity index (χ0) is 8.10. The van der Waals surface area contributed by atoms with Gasteiger partial charge in [0.15, 0.2) is 0 Å². The number of hydrogen-bond acceptors (Lipinski definition) is 3. The summed E-state index contributed by atoms with van der Waals surface area (Å²) < 4.78 is 3.35. The maximum Gasteiger partial charge on any atom is 0.0279 e. The van der Waals surface area contributed by atoms with E-state index in [4.69, 9.17) is 5.53 Å². The molecule has 0 bridgehead atoms. The van der Waals surface area contributed by atoms with Gasteiger partial charge in [-0.1, -0.05) is 12.1 Å². The first kappa shape index (κ1) is 8.33. The number of azide groups is 1. The van der Waals surface area contributed by atoms with Crippen molar-refractivity contribution < 1.29 is 0 Å². The Morgan fingerprint density at radius 3 is 2.82 bits per heavy atom. The highest BCUT2D eigenvalue weighted by Gasteiger charge is 1.94. The van der Waals surface area contributed by atoms with Crippen molar-refractivity contribution in [3.8, 4) is 0 Å². The van der Waals surface area contributed by atoms with Crippen molar-refractivity contribution in [1.29, 1.82) is 0 Å². The third-order valence-electron chi connectivity index (χ3n) is 1.04. The second-order valence-corrected chi connectivity index (χ2v) is 3.00.